The summed E-state index contributed by atoms with van der Waals surface area (Å²) in [4.78, 5) is 14.8. The second-order valence-electron chi connectivity index (χ2n) is 5.16. The lowest BCUT2D eigenvalue weighted by atomic mass is 9.88. The van der Waals surface area contributed by atoms with Gasteiger partial charge in [-0.3, -0.25) is 4.79 Å². The molecule has 0 amide bonds. The smallest absolute Gasteiger partial charge is 0.303 e. The Morgan fingerprint density at radius 1 is 1.50 bits per heavy atom. The van der Waals surface area contributed by atoms with E-state index in [-0.39, 0.29) is 6.42 Å². The minimum Gasteiger partial charge on any atom is -0.481 e. The highest BCUT2D eigenvalue weighted by atomic mass is 16.4. The largest absolute Gasteiger partial charge is 0.481 e. The fraction of sp³-hybridized carbons (Fsp3) is 0.533. The van der Waals surface area contributed by atoms with Crippen LogP contribution < -0.4 is 5.32 Å². The SMILES string of the molecule is CC(C)C(CCNc1ncccc1C#N)CCC(=O)O. The maximum atomic E-state index is 10.6. The number of aliphatic carboxylic acids is 1. The number of carboxylic acids is 1. The van der Waals surface area contributed by atoms with Gasteiger partial charge >= 0.3 is 5.97 Å². The van der Waals surface area contributed by atoms with Gasteiger partial charge in [0.15, 0.2) is 0 Å². The normalized spacial score (nSPS) is 11.9. The number of nitrogens with one attached hydrogen (secondary N) is 1. The third-order valence-corrected chi connectivity index (χ3v) is 3.41. The van der Waals surface area contributed by atoms with Crippen molar-refractivity contribution in [3.05, 3.63) is 23.9 Å². The first-order valence-electron chi connectivity index (χ1n) is 6.85. The molecule has 0 aliphatic carbocycles. The van der Waals surface area contributed by atoms with Crippen LogP contribution in [-0.2, 0) is 4.79 Å². The first kappa shape index (κ1) is 16.0. The Morgan fingerprint density at radius 3 is 2.85 bits per heavy atom. The van der Waals surface area contributed by atoms with E-state index < -0.39 is 5.97 Å². The quantitative estimate of drug-likeness (QED) is 0.761. The van der Waals surface area contributed by atoms with Crippen molar-refractivity contribution in [3.63, 3.8) is 0 Å². The number of hydrogen-bond donors (Lipinski definition) is 2. The van der Waals surface area contributed by atoms with Crippen LogP contribution in [0, 0.1) is 23.2 Å². The summed E-state index contributed by atoms with van der Waals surface area (Å²) in [7, 11) is 0. The standard InChI is InChI=1S/C15H21N3O2/c1-11(2)12(5-6-14(19)20)7-9-18-15-13(10-16)4-3-8-17-15/h3-4,8,11-12H,5-7,9H2,1-2H3,(H,17,18)(H,19,20). The number of carboxylic acid groups (broad SMARTS) is 1. The van der Waals surface area contributed by atoms with Gasteiger partial charge in [-0.05, 0) is 36.8 Å². The van der Waals surface area contributed by atoms with Crippen LogP contribution in [0.4, 0.5) is 5.82 Å². The van der Waals surface area contributed by atoms with E-state index >= 15 is 0 Å². The molecule has 0 spiro atoms. The van der Waals surface area contributed by atoms with E-state index in [0.29, 0.717) is 36.2 Å². The lowest BCUT2D eigenvalue weighted by molar-refractivity contribution is -0.137. The summed E-state index contributed by atoms with van der Waals surface area (Å²) in [5, 5.41) is 20.9. The Hall–Kier alpha value is -2.09. The molecule has 0 aliphatic rings. The molecule has 20 heavy (non-hydrogen) atoms. The Kier molecular flexibility index (Phi) is 6.51. The lowest BCUT2D eigenvalue weighted by Crippen LogP contribution is -2.16. The van der Waals surface area contributed by atoms with Gasteiger partial charge in [0.25, 0.3) is 0 Å². The molecule has 1 heterocycles. The maximum absolute atomic E-state index is 10.6. The van der Waals surface area contributed by atoms with Gasteiger partial charge in [0, 0.05) is 19.2 Å². The van der Waals surface area contributed by atoms with Crippen LogP contribution in [0.5, 0.6) is 0 Å². The average Bonchev–Trinajstić information content (AvgIpc) is 2.42. The fourth-order valence-electron chi connectivity index (χ4n) is 2.13. The van der Waals surface area contributed by atoms with Crippen molar-refractivity contribution in [2.45, 2.75) is 33.1 Å². The van der Waals surface area contributed by atoms with Crippen molar-refractivity contribution in [2.24, 2.45) is 11.8 Å². The highest BCUT2D eigenvalue weighted by Gasteiger charge is 2.15. The monoisotopic (exact) mass is 275 g/mol. The van der Waals surface area contributed by atoms with Gasteiger partial charge in [0.2, 0.25) is 0 Å². The Morgan fingerprint density at radius 2 is 2.25 bits per heavy atom. The summed E-state index contributed by atoms with van der Waals surface area (Å²) in [6, 6.07) is 5.55. The molecule has 0 bridgehead atoms. The van der Waals surface area contributed by atoms with Crippen molar-refractivity contribution in [3.8, 4) is 6.07 Å². The molecule has 5 nitrogen and oxygen atoms in total. The van der Waals surface area contributed by atoms with Crippen LogP contribution in [0.25, 0.3) is 0 Å². The van der Waals surface area contributed by atoms with Gasteiger partial charge in [0.1, 0.15) is 11.9 Å². The number of nitrogens with zero attached hydrogens (tertiary/aromatic N) is 2. The molecule has 1 aromatic heterocycles. The van der Waals surface area contributed by atoms with Crippen LogP contribution in [0.3, 0.4) is 0 Å². The zero-order valence-corrected chi connectivity index (χ0v) is 12.0. The van der Waals surface area contributed by atoms with E-state index in [9.17, 15) is 4.79 Å². The number of hydrogen-bond acceptors (Lipinski definition) is 4. The topological polar surface area (TPSA) is 86.0 Å². The minimum absolute atomic E-state index is 0.204. The third-order valence-electron chi connectivity index (χ3n) is 3.41. The first-order chi connectivity index (χ1) is 9.54. The molecule has 1 rings (SSSR count). The zero-order chi connectivity index (χ0) is 15.0. The molecule has 0 radical (unpaired) electrons. The van der Waals surface area contributed by atoms with Gasteiger partial charge in [-0.25, -0.2) is 4.98 Å². The number of rotatable bonds is 8. The Labute approximate surface area is 119 Å². The number of aromatic nitrogens is 1. The van der Waals surface area contributed by atoms with E-state index in [2.05, 4.69) is 30.2 Å². The van der Waals surface area contributed by atoms with E-state index in [0.717, 1.165) is 6.42 Å². The summed E-state index contributed by atoms with van der Waals surface area (Å²) in [6.45, 7) is 4.90. The number of carbonyl (C=O) groups is 1. The Bertz CT molecular complexity index is 480. The lowest BCUT2D eigenvalue weighted by Gasteiger charge is -2.20. The maximum Gasteiger partial charge on any atom is 0.303 e. The molecule has 1 unspecified atom stereocenters. The molecule has 0 saturated carbocycles. The van der Waals surface area contributed by atoms with Crippen LogP contribution >= 0.6 is 0 Å². The second kappa shape index (κ2) is 8.16. The number of pyridine rings is 1. The molecule has 1 atom stereocenters. The Balaban J connectivity index is 2.48. The van der Waals surface area contributed by atoms with Crippen molar-refractivity contribution in [2.75, 3.05) is 11.9 Å². The third kappa shape index (κ3) is 5.27. The highest BCUT2D eigenvalue weighted by molar-refractivity contribution is 5.66. The van der Waals surface area contributed by atoms with Gasteiger partial charge in [0.05, 0.1) is 5.56 Å². The molecule has 0 aromatic carbocycles. The molecule has 0 aliphatic heterocycles. The second-order valence-corrected chi connectivity index (χ2v) is 5.16. The first-order valence-corrected chi connectivity index (χ1v) is 6.85. The van der Waals surface area contributed by atoms with Crippen molar-refractivity contribution in [1.29, 1.82) is 5.26 Å². The molecule has 108 valence electrons. The van der Waals surface area contributed by atoms with E-state index in [1.807, 2.05) is 0 Å². The van der Waals surface area contributed by atoms with E-state index in [4.69, 9.17) is 10.4 Å². The zero-order valence-electron chi connectivity index (χ0n) is 12.0. The molecule has 0 fully saturated rings. The van der Waals surface area contributed by atoms with Crippen LogP contribution in [0.2, 0.25) is 0 Å². The van der Waals surface area contributed by atoms with Crippen LogP contribution in [-0.4, -0.2) is 22.6 Å². The molecule has 0 saturated heterocycles. The van der Waals surface area contributed by atoms with E-state index in [1.54, 1.807) is 18.3 Å². The minimum atomic E-state index is -0.750. The van der Waals surface area contributed by atoms with Crippen molar-refractivity contribution < 1.29 is 9.90 Å². The van der Waals surface area contributed by atoms with E-state index in [1.165, 1.54) is 0 Å². The van der Waals surface area contributed by atoms with Crippen LogP contribution in [0.1, 0.15) is 38.7 Å². The number of nitriles is 1. The summed E-state index contributed by atoms with van der Waals surface area (Å²) < 4.78 is 0. The summed E-state index contributed by atoms with van der Waals surface area (Å²) >= 11 is 0. The predicted octanol–water partition coefficient (Wildman–Crippen LogP) is 2.89. The number of anilines is 1. The molecular formula is C15H21N3O2. The van der Waals surface area contributed by atoms with Gasteiger partial charge in [-0.2, -0.15) is 5.26 Å². The van der Waals surface area contributed by atoms with Crippen LogP contribution in [0.15, 0.2) is 18.3 Å². The van der Waals surface area contributed by atoms with Gasteiger partial charge in [-0.15, -0.1) is 0 Å². The van der Waals surface area contributed by atoms with Gasteiger partial charge < -0.3 is 10.4 Å². The average molecular weight is 275 g/mol. The molecule has 1 aromatic rings. The molecule has 5 heteroatoms. The highest BCUT2D eigenvalue weighted by Crippen LogP contribution is 2.21. The summed E-state index contributed by atoms with van der Waals surface area (Å²) in [5.74, 6) is 0.638. The predicted molar refractivity (Wildman–Crippen MR) is 77.3 cm³/mol. The summed E-state index contributed by atoms with van der Waals surface area (Å²) in [6.07, 6.45) is 3.40. The van der Waals surface area contributed by atoms with Crippen molar-refractivity contribution >= 4 is 11.8 Å². The fourth-order valence-corrected chi connectivity index (χ4v) is 2.13. The van der Waals surface area contributed by atoms with Crippen molar-refractivity contribution in [1.82, 2.24) is 4.98 Å². The molecule has 2 N–H and O–H groups in total. The summed E-state index contributed by atoms with van der Waals surface area (Å²) in [5.41, 5.74) is 0.527. The molecular weight excluding hydrogens is 254 g/mol. The van der Waals surface area contributed by atoms with Gasteiger partial charge in [-0.1, -0.05) is 13.8 Å².